The first-order valence-electron chi connectivity index (χ1n) is 2.99. The number of methoxy groups -OCH3 is 1. The van der Waals surface area contributed by atoms with Crippen LogP contribution in [0.4, 0.5) is 5.69 Å². The van der Waals surface area contributed by atoms with Crippen LogP contribution < -0.4 is 4.74 Å². The van der Waals surface area contributed by atoms with E-state index in [-0.39, 0.29) is 0 Å². The normalized spacial score (nSPS) is 8.82. The van der Waals surface area contributed by atoms with E-state index in [1.54, 1.807) is 25.3 Å². The van der Waals surface area contributed by atoms with Gasteiger partial charge in [0.1, 0.15) is 5.75 Å². The molecule has 0 amide bonds. The Morgan fingerprint density at radius 3 is 2.73 bits per heavy atom. The van der Waals surface area contributed by atoms with Gasteiger partial charge in [-0.3, -0.25) is 0 Å². The van der Waals surface area contributed by atoms with Gasteiger partial charge in [0.2, 0.25) is 5.69 Å². The summed E-state index contributed by atoms with van der Waals surface area (Å²) in [6, 6.07) is 4.96. The van der Waals surface area contributed by atoms with Gasteiger partial charge in [-0.2, -0.15) is 0 Å². The Morgan fingerprint density at radius 2 is 2.27 bits per heavy atom. The van der Waals surface area contributed by atoms with Crippen molar-refractivity contribution in [3.8, 4) is 5.75 Å². The fourth-order valence-corrected chi connectivity index (χ4v) is 0.918. The van der Waals surface area contributed by atoms with E-state index in [0.29, 0.717) is 16.5 Å². The van der Waals surface area contributed by atoms with Crippen LogP contribution in [0.2, 0.25) is 5.02 Å². The van der Waals surface area contributed by atoms with E-state index in [2.05, 4.69) is 4.85 Å². The Morgan fingerprint density at radius 1 is 1.55 bits per heavy atom. The predicted octanol–water partition coefficient (Wildman–Crippen LogP) is 2.90. The van der Waals surface area contributed by atoms with Crippen LogP contribution in [0, 0.1) is 6.57 Å². The first-order chi connectivity index (χ1) is 5.27. The largest absolute Gasteiger partial charge is 0.497 e. The minimum Gasteiger partial charge on any atom is -0.497 e. The van der Waals surface area contributed by atoms with Crippen LogP contribution in [0.25, 0.3) is 4.85 Å². The van der Waals surface area contributed by atoms with E-state index in [4.69, 9.17) is 22.9 Å². The third-order valence-electron chi connectivity index (χ3n) is 1.28. The van der Waals surface area contributed by atoms with Crippen molar-refractivity contribution in [2.75, 3.05) is 7.11 Å². The van der Waals surface area contributed by atoms with Crippen molar-refractivity contribution in [3.63, 3.8) is 0 Å². The Kier molecular flexibility index (Phi) is 2.35. The third-order valence-corrected chi connectivity index (χ3v) is 1.58. The highest BCUT2D eigenvalue weighted by atomic mass is 35.5. The maximum atomic E-state index is 6.71. The van der Waals surface area contributed by atoms with Gasteiger partial charge < -0.3 is 4.74 Å². The molecule has 2 nitrogen and oxygen atoms in total. The zero-order chi connectivity index (χ0) is 8.27. The number of halogens is 1. The molecule has 1 rings (SSSR count). The molecule has 1 aromatic carbocycles. The monoisotopic (exact) mass is 167 g/mol. The Labute approximate surface area is 70.2 Å². The molecule has 0 aliphatic carbocycles. The average Bonchev–Trinajstić information content (AvgIpc) is 2.04. The second kappa shape index (κ2) is 3.27. The molecule has 0 aromatic heterocycles. The Bertz CT molecular complexity index is 303. The number of hydrogen-bond donors (Lipinski definition) is 0. The van der Waals surface area contributed by atoms with Gasteiger partial charge in [0.05, 0.1) is 18.7 Å². The van der Waals surface area contributed by atoms with Crippen LogP contribution in [0.15, 0.2) is 18.2 Å². The van der Waals surface area contributed by atoms with Gasteiger partial charge >= 0.3 is 0 Å². The highest BCUT2D eigenvalue weighted by Gasteiger charge is 1.99. The van der Waals surface area contributed by atoms with E-state index in [9.17, 15) is 0 Å². The first kappa shape index (κ1) is 7.90. The SMILES string of the molecule is [C-]#[N+]c1ccc(OC)cc1Cl. The zero-order valence-corrected chi connectivity index (χ0v) is 6.72. The second-order valence-corrected chi connectivity index (χ2v) is 2.34. The smallest absolute Gasteiger partial charge is 0.205 e. The quantitative estimate of drug-likeness (QED) is 0.587. The van der Waals surface area contributed by atoms with E-state index in [0.717, 1.165) is 0 Å². The molecule has 0 heterocycles. The molecule has 0 bridgehead atoms. The molecule has 0 aliphatic heterocycles. The van der Waals surface area contributed by atoms with Gasteiger partial charge in [0.25, 0.3) is 0 Å². The molecule has 0 radical (unpaired) electrons. The maximum Gasteiger partial charge on any atom is 0.205 e. The minimum absolute atomic E-state index is 0.430. The number of ether oxygens (including phenoxy) is 1. The molecule has 0 N–H and O–H groups in total. The molecule has 3 heteroatoms. The summed E-state index contributed by atoms with van der Waals surface area (Å²) in [5, 5.41) is 0.430. The van der Waals surface area contributed by atoms with Crippen molar-refractivity contribution in [3.05, 3.63) is 34.6 Å². The lowest BCUT2D eigenvalue weighted by atomic mass is 10.3. The standard InChI is InChI=1S/C8H6ClNO/c1-10-8-4-3-6(11-2)5-7(8)9/h3-5H,2H3. The Balaban J connectivity index is 3.12. The lowest BCUT2D eigenvalue weighted by Crippen LogP contribution is -1.80. The molecule has 0 saturated carbocycles. The van der Waals surface area contributed by atoms with E-state index in [1.165, 1.54) is 0 Å². The topological polar surface area (TPSA) is 13.6 Å². The fourth-order valence-electron chi connectivity index (χ4n) is 0.705. The molecule has 0 atom stereocenters. The molecular formula is C8H6ClNO. The first-order valence-corrected chi connectivity index (χ1v) is 3.36. The van der Waals surface area contributed by atoms with Gasteiger partial charge in [-0.05, 0) is 12.1 Å². The zero-order valence-electron chi connectivity index (χ0n) is 5.97. The molecule has 0 spiro atoms. The predicted molar refractivity (Wildman–Crippen MR) is 44.3 cm³/mol. The van der Waals surface area contributed by atoms with Gasteiger partial charge in [-0.1, -0.05) is 17.7 Å². The lowest BCUT2D eigenvalue weighted by Gasteiger charge is -1.99. The summed E-state index contributed by atoms with van der Waals surface area (Å²) < 4.78 is 4.91. The van der Waals surface area contributed by atoms with Crippen LogP contribution in [-0.4, -0.2) is 7.11 Å². The molecule has 0 fully saturated rings. The van der Waals surface area contributed by atoms with Gasteiger partial charge in [-0.25, -0.2) is 4.85 Å². The highest BCUT2D eigenvalue weighted by Crippen LogP contribution is 2.28. The van der Waals surface area contributed by atoms with Crippen molar-refractivity contribution in [2.24, 2.45) is 0 Å². The van der Waals surface area contributed by atoms with Crippen LogP contribution in [0.1, 0.15) is 0 Å². The molecular weight excluding hydrogens is 162 g/mol. The van der Waals surface area contributed by atoms with Crippen LogP contribution in [0.3, 0.4) is 0 Å². The van der Waals surface area contributed by atoms with E-state index in [1.807, 2.05) is 0 Å². The van der Waals surface area contributed by atoms with Crippen LogP contribution in [0.5, 0.6) is 5.75 Å². The van der Waals surface area contributed by atoms with Crippen molar-refractivity contribution in [1.29, 1.82) is 0 Å². The summed E-state index contributed by atoms with van der Waals surface area (Å²) in [5.74, 6) is 0.669. The number of benzene rings is 1. The minimum atomic E-state index is 0.430. The molecule has 0 aliphatic rings. The molecule has 1 aromatic rings. The number of rotatable bonds is 1. The molecule has 56 valence electrons. The summed E-state index contributed by atoms with van der Waals surface area (Å²) >= 11 is 5.71. The summed E-state index contributed by atoms with van der Waals surface area (Å²) in [6.07, 6.45) is 0. The summed E-state index contributed by atoms with van der Waals surface area (Å²) in [4.78, 5) is 3.21. The number of hydrogen-bond acceptors (Lipinski definition) is 1. The third kappa shape index (κ3) is 1.63. The van der Waals surface area contributed by atoms with E-state index < -0.39 is 0 Å². The van der Waals surface area contributed by atoms with Gasteiger partial charge in [0.15, 0.2) is 0 Å². The van der Waals surface area contributed by atoms with Crippen molar-refractivity contribution < 1.29 is 4.74 Å². The summed E-state index contributed by atoms with van der Waals surface area (Å²) in [5.41, 5.74) is 0.451. The van der Waals surface area contributed by atoms with Crippen LogP contribution in [-0.2, 0) is 0 Å². The molecule has 0 unspecified atom stereocenters. The lowest BCUT2D eigenvalue weighted by molar-refractivity contribution is 0.415. The molecule has 11 heavy (non-hydrogen) atoms. The molecule has 0 saturated heterocycles. The number of nitrogens with zero attached hydrogens (tertiary/aromatic N) is 1. The second-order valence-electron chi connectivity index (χ2n) is 1.93. The van der Waals surface area contributed by atoms with Gasteiger partial charge in [-0.15, -0.1) is 0 Å². The van der Waals surface area contributed by atoms with Crippen LogP contribution >= 0.6 is 11.6 Å². The van der Waals surface area contributed by atoms with Crippen molar-refractivity contribution in [2.45, 2.75) is 0 Å². The van der Waals surface area contributed by atoms with Crippen molar-refractivity contribution >= 4 is 17.3 Å². The average molecular weight is 168 g/mol. The summed E-state index contributed by atoms with van der Waals surface area (Å²) in [7, 11) is 1.56. The fraction of sp³-hybridized carbons (Fsp3) is 0.125. The highest BCUT2D eigenvalue weighted by molar-refractivity contribution is 6.33. The Hall–Kier alpha value is -1.20. The van der Waals surface area contributed by atoms with Crippen molar-refractivity contribution in [1.82, 2.24) is 0 Å². The summed E-state index contributed by atoms with van der Waals surface area (Å²) in [6.45, 7) is 6.71. The van der Waals surface area contributed by atoms with Gasteiger partial charge in [0, 0.05) is 0 Å². The van der Waals surface area contributed by atoms with E-state index >= 15 is 0 Å². The maximum absolute atomic E-state index is 6.71.